The third-order valence-electron chi connectivity index (χ3n) is 4.28. The largest absolute Gasteiger partial charge is 0.488 e. The van der Waals surface area contributed by atoms with E-state index in [0.29, 0.717) is 16.3 Å². The van der Waals surface area contributed by atoms with Crippen molar-refractivity contribution in [2.75, 3.05) is 0 Å². The molecule has 1 aliphatic rings. The monoisotopic (exact) mass is 378 g/mol. The summed E-state index contributed by atoms with van der Waals surface area (Å²) >= 11 is 6.21. The SMILES string of the molecule is O=C1NC(=O)/C(=C/c2c(OCc3ccccc3Cl)ccc3ccccc23)N1. The Morgan fingerprint density at radius 3 is 2.48 bits per heavy atom. The summed E-state index contributed by atoms with van der Waals surface area (Å²) in [5, 5.41) is 7.25. The van der Waals surface area contributed by atoms with Gasteiger partial charge in [0.25, 0.3) is 5.91 Å². The normalized spacial score (nSPS) is 15.1. The van der Waals surface area contributed by atoms with Crippen LogP contribution in [0.15, 0.2) is 66.4 Å². The standard InChI is InChI=1S/C21H15ClN2O3/c22-17-8-4-2-6-14(17)12-27-19-10-9-13-5-1-3-7-15(13)16(19)11-18-20(25)24-21(26)23-18/h1-11H,12H2,(H2,23,24,25,26)/b18-11-. The number of carbonyl (C=O) groups is 2. The van der Waals surface area contributed by atoms with E-state index in [2.05, 4.69) is 10.6 Å². The number of carbonyl (C=O) groups excluding carboxylic acids is 2. The van der Waals surface area contributed by atoms with Crippen molar-refractivity contribution in [1.82, 2.24) is 10.6 Å². The highest BCUT2D eigenvalue weighted by Gasteiger charge is 2.23. The van der Waals surface area contributed by atoms with E-state index >= 15 is 0 Å². The molecule has 5 nitrogen and oxygen atoms in total. The smallest absolute Gasteiger partial charge is 0.326 e. The van der Waals surface area contributed by atoms with Crippen molar-refractivity contribution in [3.05, 3.63) is 82.5 Å². The number of hydrogen-bond acceptors (Lipinski definition) is 3. The maximum absolute atomic E-state index is 11.9. The van der Waals surface area contributed by atoms with Gasteiger partial charge in [0.05, 0.1) is 0 Å². The van der Waals surface area contributed by atoms with E-state index < -0.39 is 11.9 Å². The average Bonchev–Trinajstić information content (AvgIpc) is 2.99. The number of amides is 3. The molecule has 0 atom stereocenters. The Hall–Kier alpha value is -3.31. The van der Waals surface area contributed by atoms with Crippen molar-refractivity contribution in [3.63, 3.8) is 0 Å². The second kappa shape index (κ2) is 7.13. The van der Waals surface area contributed by atoms with Gasteiger partial charge >= 0.3 is 6.03 Å². The molecule has 0 aliphatic carbocycles. The zero-order chi connectivity index (χ0) is 18.8. The number of urea groups is 1. The molecule has 1 saturated heterocycles. The maximum atomic E-state index is 11.9. The first-order valence-electron chi connectivity index (χ1n) is 8.34. The van der Waals surface area contributed by atoms with Crippen LogP contribution in [0.4, 0.5) is 4.79 Å². The molecule has 0 unspecified atom stereocenters. The number of nitrogens with one attached hydrogen (secondary N) is 2. The van der Waals surface area contributed by atoms with Gasteiger partial charge in [-0.15, -0.1) is 0 Å². The molecule has 6 heteroatoms. The van der Waals surface area contributed by atoms with Gasteiger partial charge in [-0.2, -0.15) is 0 Å². The first-order chi connectivity index (χ1) is 13.1. The van der Waals surface area contributed by atoms with Crippen LogP contribution < -0.4 is 15.4 Å². The highest BCUT2D eigenvalue weighted by Crippen LogP contribution is 2.31. The number of fused-ring (bicyclic) bond motifs is 1. The fraction of sp³-hybridized carbons (Fsp3) is 0.0476. The van der Waals surface area contributed by atoms with Gasteiger partial charge in [0.15, 0.2) is 0 Å². The van der Waals surface area contributed by atoms with Crippen LogP contribution in [-0.4, -0.2) is 11.9 Å². The van der Waals surface area contributed by atoms with E-state index in [1.54, 1.807) is 6.08 Å². The molecule has 0 radical (unpaired) electrons. The zero-order valence-electron chi connectivity index (χ0n) is 14.2. The van der Waals surface area contributed by atoms with E-state index in [1.807, 2.05) is 60.7 Å². The van der Waals surface area contributed by atoms with Crippen molar-refractivity contribution in [1.29, 1.82) is 0 Å². The summed E-state index contributed by atoms with van der Waals surface area (Å²) in [6.45, 7) is 0.284. The molecule has 3 amide bonds. The average molecular weight is 379 g/mol. The van der Waals surface area contributed by atoms with Crippen LogP contribution in [0.2, 0.25) is 5.02 Å². The minimum atomic E-state index is -0.537. The molecule has 1 aliphatic heterocycles. The highest BCUT2D eigenvalue weighted by molar-refractivity contribution is 6.31. The second-order valence-electron chi connectivity index (χ2n) is 6.04. The van der Waals surface area contributed by atoms with E-state index in [0.717, 1.165) is 16.3 Å². The summed E-state index contributed by atoms with van der Waals surface area (Å²) in [6, 6.07) is 18.5. The molecule has 27 heavy (non-hydrogen) atoms. The van der Waals surface area contributed by atoms with E-state index in [-0.39, 0.29) is 12.3 Å². The lowest BCUT2D eigenvalue weighted by Crippen LogP contribution is -2.22. The number of hydrogen-bond donors (Lipinski definition) is 2. The Morgan fingerprint density at radius 1 is 0.926 bits per heavy atom. The number of imide groups is 1. The van der Waals surface area contributed by atoms with Crippen molar-refractivity contribution in [2.24, 2.45) is 0 Å². The molecule has 0 spiro atoms. The zero-order valence-corrected chi connectivity index (χ0v) is 14.9. The van der Waals surface area contributed by atoms with Gasteiger partial charge in [-0.1, -0.05) is 60.1 Å². The van der Waals surface area contributed by atoms with Gasteiger partial charge < -0.3 is 10.1 Å². The van der Waals surface area contributed by atoms with Gasteiger partial charge in [-0.05, 0) is 29.0 Å². The maximum Gasteiger partial charge on any atom is 0.326 e. The van der Waals surface area contributed by atoms with Crippen LogP contribution in [0.1, 0.15) is 11.1 Å². The molecule has 134 valence electrons. The summed E-state index contributed by atoms with van der Waals surface area (Å²) in [5.41, 5.74) is 1.75. The van der Waals surface area contributed by atoms with E-state index in [4.69, 9.17) is 16.3 Å². The summed E-state index contributed by atoms with van der Waals surface area (Å²) in [4.78, 5) is 23.4. The Labute approximate surface area is 160 Å². The van der Waals surface area contributed by atoms with Crippen molar-refractivity contribution in [2.45, 2.75) is 6.61 Å². The van der Waals surface area contributed by atoms with Gasteiger partial charge in [-0.25, -0.2) is 4.79 Å². The van der Waals surface area contributed by atoms with Gasteiger partial charge in [0.2, 0.25) is 0 Å². The van der Waals surface area contributed by atoms with Crippen LogP contribution in [-0.2, 0) is 11.4 Å². The summed E-state index contributed by atoms with van der Waals surface area (Å²) in [5.74, 6) is 0.125. The molecule has 0 aromatic heterocycles. The molecular formula is C21H15ClN2O3. The minimum absolute atomic E-state index is 0.180. The fourth-order valence-corrected chi connectivity index (χ4v) is 3.14. The van der Waals surface area contributed by atoms with Gasteiger partial charge in [-0.3, -0.25) is 10.1 Å². The Kier molecular flexibility index (Phi) is 4.52. The molecule has 1 fully saturated rings. The molecule has 0 bridgehead atoms. The number of rotatable bonds is 4. The Bertz CT molecular complexity index is 1090. The molecule has 1 heterocycles. The fourth-order valence-electron chi connectivity index (χ4n) is 2.95. The molecule has 3 aromatic rings. The Morgan fingerprint density at radius 2 is 1.70 bits per heavy atom. The molecule has 0 saturated carbocycles. The van der Waals surface area contributed by atoms with Gasteiger partial charge in [0, 0.05) is 16.1 Å². The van der Waals surface area contributed by atoms with Crippen LogP contribution in [0.25, 0.3) is 16.8 Å². The van der Waals surface area contributed by atoms with Crippen molar-refractivity contribution < 1.29 is 14.3 Å². The second-order valence-corrected chi connectivity index (χ2v) is 6.45. The first kappa shape index (κ1) is 17.1. The summed E-state index contributed by atoms with van der Waals surface area (Å²) < 4.78 is 6.01. The predicted molar refractivity (Wildman–Crippen MR) is 104 cm³/mol. The third kappa shape index (κ3) is 3.50. The highest BCUT2D eigenvalue weighted by atomic mass is 35.5. The lowest BCUT2D eigenvalue weighted by molar-refractivity contribution is -0.115. The third-order valence-corrected chi connectivity index (χ3v) is 4.65. The topological polar surface area (TPSA) is 67.4 Å². The molecule has 4 rings (SSSR count). The van der Waals surface area contributed by atoms with Gasteiger partial charge in [0.1, 0.15) is 18.1 Å². The number of ether oxygens (including phenoxy) is 1. The Balaban J connectivity index is 1.76. The van der Waals surface area contributed by atoms with Crippen molar-refractivity contribution in [3.8, 4) is 5.75 Å². The molecule has 3 aromatic carbocycles. The summed E-state index contributed by atoms with van der Waals surface area (Å²) in [7, 11) is 0. The number of halogens is 1. The van der Waals surface area contributed by atoms with E-state index in [9.17, 15) is 9.59 Å². The molecular weight excluding hydrogens is 364 g/mol. The lowest BCUT2D eigenvalue weighted by atomic mass is 10.0. The molecule has 2 N–H and O–H groups in total. The minimum Gasteiger partial charge on any atom is -0.488 e. The van der Waals surface area contributed by atoms with Crippen LogP contribution >= 0.6 is 11.6 Å². The van der Waals surface area contributed by atoms with Crippen LogP contribution in [0.3, 0.4) is 0 Å². The number of benzene rings is 3. The lowest BCUT2D eigenvalue weighted by Gasteiger charge is -2.13. The quantitative estimate of drug-likeness (QED) is 0.526. The predicted octanol–water partition coefficient (Wildman–Crippen LogP) is 4.25. The first-order valence-corrected chi connectivity index (χ1v) is 8.71. The summed E-state index contributed by atoms with van der Waals surface area (Å²) in [6.07, 6.45) is 1.63. The van der Waals surface area contributed by atoms with Crippen LogP contribution in [0.5, 0.6) is 5.75 Å². The van der Waals surface area contributed by atoms with Crippen LogP contribution in [0, 0.1) is 0 Å². The van der Waals surface area contributed by atoms with E-state index in [1.165, 1.54) is 0 Å². The van der Waals surface area contributed by atoms with Crippen molar-refractivity contribution >= 4 is 40.4 Å².